The summed E-state index contributed by atoms with van der Waals surface area (Å²) in [7, 11) is 0. The monoisotopic (exact) mass is 247 g/mol. The molecule has 1 heterocycles. The number of nitrogens with one attached hydrogen (secondary N) is 1. The summed E-state index contributed by atoms with van der Waals surface area (Å²) < 4.78 is 0. The summed E-state index contributed by atoms with van der Waals surface area (Å²) in [6.07, 6.45) is 5.18. The summed E-state index contributed by atoms with van der Waals surface area (Å²) in [4.78, 5) is 2.49. The Bertz CT molecular complexity index is 365. The maximum Gasteiger partial charge on any atom is 0.0603 e. The third kappa shape index (κ3) is 3.16. The fourth-order valence-corrected chi connectivity index (χ4v) is 2.72. The molecule has 0 aromatic heterocycles. The molecule has 3 N–H and O–H groups in total. The number of piperazine rings is 1. The molecule has 18 heavy (non-hydrogen) atoms. The van der Waals surface area contributed by atoms with Crippen LogP contribution in [0.5, 0.6) is 0 Å². The molecule has 1 aromatic carbocycles. The number of para-hydroxylation sites is 2. The molecule has 100 valence electrons. The lowest BCUT2D eigenvalue weighted by atomic mass is 10.0. The highest BCUT2D eigenvalue weighted by atomic mass is 15.2. The quantitative estimate of drug-likeness (QED) is 0.621. The first-order valence-electron chi connectivity index (χ1n) is 7.14. The normalized spacial score (nSPS) is 20.1. The van der Waals surface area contributed by atoms with Crippen molar-refractivity contribution >= 4 is 11.4 Å². The fourth-order valence-electron chi connectivity index (χ4n) is 2.72. The van der Waals surface area contributed by atoms with E-state index < -0.39 is 0 Å². The van der Waals surface area contributed by atoms with E-state index in [-0.39, 0.29) is 0 Å². The molecule has 0 amide bonds. The van der Waals surface area contributed by atoms with Gasteiger partial charge in [0.15, 0.2) is 0 Å². The fraction of sp³-hybridized carbons (Fsp3) is 0.600. The third-order valence-corrected chi connectivity index (χ3v) is 3.74. The molecule has 1 unspecified atom stereocenters. The van der Waals surface area contributed by atoms with Crippen LogP contribution in [0, 0.1) is 0 Å². The number of hydrogen-bond donors (Lipinski definition) is 2. The summed E-state index contributed by atoms with van der Waals surface area (Å²) in [6, 6.07) is 8.83. The number of nitrogen functional groups attached to an aromatic ring is 1. The first-order chi connectivity index (χ1) is 8.83. The van der Waals surface area contributed by atoms with E-state index in [9.17, 15) is 0 Å². The molecule has 1 fully saturated rings. The van der Waals surface area contributed by atoms with Gasteiger partial charge in [0.2, 0.25) is 0 Å². The number of anilines is 2. The molecule has 0 spiro atoms. The van der Waals surface area contributed by atoms with E-state index in [1.807, 2.05) is 12.1 Å². The van der Waals surface area contributed by atoms with E-state index in [4.69, 9.17) is 5.73 Å². The average molecular weight is 247 g/mol. The first-order valence-corrected chi connectivity index (χ1v) is 7.14. The summed E-state index contributed by atoms with van der Waals surface area (Å²) in [5.74, 6) is 0. The molecule has 1 aliphatic rings. The summed E-state index contributed by atoms with van der Waals surface area (Å²) >= 11 is 0. The van der Waals surface area contributed by atoms with Gasteiger partial charge in [-0.3, -0.25) is 0 Å². The second-order valence-corrected chi connectivity index (χ2v) is 5.11. The van der Waals surface area contributed by atoms with Crippen molar-refractivity contribution in [2.45, 2.75) is 38.6 Å². The van der Waals surface area contributed by atoms with Crippen LogP contribution >= 0.6 is 0 Å². The van der Waals surface area contributed by atoms with E-state index in [1.54, 1.807) is 0 Å². The highest BCUT2D eigenvalue weighted by Crippen LogP contribution is 2.26. The van der Waals surface area contributed by atoms with Crippen LogP contribution in [0.4, 0.5) is 11.4 Å². The Kier molecular flexibility index (Phi) is 4.88. The molecule has 3 nitrogen and oxygen atoms in total. The highest BCUT2D eigenvalue weighted by Gasteiger charge is 2.22. The van der Waals surface area contributed by atoms with E-state index in [1.165, 1.54) is 31.4 Å². The molecule has 1 saturated heterocycles. The number of nitrogens with two attached hydrogens (primary N) is 1. The number of benzene rings is 1. The maximum atomic E-state index is 6.11. The van der Waals surface area contributed by atoms with Gasteiger partial charge in [-0.15, -0.1) is 0 Å². The van der Waals surface area contributed by atoms with Crippen molar-refractivity contribution in [2.75, 3.05) is 30.3 Å². The van der Waals surface area contributed by atoms with Crippen molar-refractivity contribution in [1.29, 1.82) is 0 Å². The zero-order chi connectivity index (χ0) is 12.8. The molecule has 0 aliphatic carbocycles. The zero-order valence-electron chi connectivity index (χ0n) is 11.4. The molecule has 1 atom stereocenters. The molecule has 0 radical (unpaired) electrons. The largest absolute Gasteiger partial charge is 0.397 e. The molecular weight excluding hydrogens is 222 g/mol. The van der Waals surface area contributed by atoms with Crippen LogP contribution in [-0.4, -0.2) is 25.7 Å². The van der Waals surface area contributed by atoms with Gasteiger partial charge in [-0.1, -0.05) is 38.3 Å². The van der Waals surface area contributed by atoms with Gasteiger partial charge in [-0.25, -0.2) is 0 Å². The van der Waals surface area contributed by atoms with Gasteiger partial charge in [0.1, 0.15) is 0 Å². The van der Waals surface area contributed by atoms with Gasteiger partial charge < -0.3 is 16.0 Å². The Balaban J connectivity index is 2.05. The molecule has 1 aliphatic heterocycles. The molecule has 3 heteroatoms. The lowest BCUT2D eigenvalue weighted by Gasteiger charge is -2.38. The minimum absolute atomic E-state index is 0.593. The van der Waals surface area contributed by atoms with Crippen LogP contribution in [0.3, 0.4) is 0 Å². The van der Waals surface area contributed by atoms with Crippen LogP contribution < -0.4 is 16.0 Å². The maximum absolute atomic E-state index is 6.11. The molecule has 0 bridgehead atoms. The number of rotatable bonds is 5. The summed E-state index contributed by atoms with van der Waals surface area (Å²) in [5.41, 5.74) is 8.22. The van der Waals surface area contributed by atoms with Crippen LogP contribution in [0.25, 0.3) is 0 Å². The van der Waals surface area contributed by atoms with Gasteiger partial charge in [-0.05, 0) is 18.6 Å². The van der Waals surface area contributed by atoms with Crippen molar-refractivity contribution in [1.82, 2.24) is 5.32 Å². The summed E-state index contributed by atoms with van der Waals surface area (Å²) in [5, 5.41) is 3.50. The van der Waals surface area contributed by atoms with Gasteiger partial charge >= 0.3 is 0 Å². The number of unbranched alkanes of at least 4 members (excludes halogenated alkanes) is 2. The third-order valence-electron chi connectivity index (χ3n) is 3.74. The zero-order valence-corrected chi connectivity index (χ0v) is 11.4. The molecular formula is C15H25N3. The lowest BCUT2D eigenvalue weighted by Crippen LogP contribution is -2.51. The predicted molar refractivity (Wildman–Crippen MR) is 79.0 cm³/mol. The Labute approximate surface area is 110 Å². The van der Waals surface area contributed by atoms with Crippen LogP contribution in [0.15, 0.2) is 24.3 Å². The Morgan fingerprint density at radius 3 is 2.94 bits per heavy atom. The van der Waals surface area contributed by atoms with Gasteiger partial charge in [0.25, 0.3) is 0 Å². The van der Waals surface area contributed by atoms with E-state index in [2.05, 4.69) is 29.3 Å². The van der Waals surface area contributed by atoms with Crippen molar-refractivity contribution in [3.8, 4) is 0 Å². The van der Waals surface area contributed by atoms with E-state index in [0.717, 1.165) is 25.3 Å². The standard InChI is InChI=1S/C15H25N3/c1-2-3-4-7-13-12-17-10-11-18(13)15-9-6-5-8-14(15)16/h5-6,8-9,13,17H,2-4,7,10-12,16H2,1H3. The first kappa shape index (κ1) is 13.2. The van der Waals surface area contributed by atoms with Crippen molar-refractivity contribution in [2.24, 2.45) is 0 Å². The van der Waals surface area contributed by atoms with Gasteiger partial charge in [0, 0.05) is 25.7 Å². The molecule has 2 rings (SSSR count). The van der Waals surface area contributed by atoms with Crippen LogP contribution in [-0.2, 0) is 0 Å². The molecule has 1 aromatic rings. The summed E-state index contributed by atoms with van der Waals surface area (Å²) in [6.45, 7) is 5.45. The number of hydrogen-bond acceptors (Lipinski definition) is 3. The van der Waals surface area contributed by atoms with Gasteiger partial charge in [-0.2, -0.15) is 0 Å². The van der Waals surface area contributed by atoms with Crippen LogP contribution in [0.2, 0.25) is 0 Å². The second-order valence-electron chi connectivity index (χ2n) is 5.11. The topological polar surface area (TPSA) is 41.3 Å². The minimum Gasteiger partial charge on any atom is -0.397 e. The molecule has 0 saturated carbocycles. The average Bonchev–Trinajstić information content (AvgIpc) is 2.40. The van der Waals surface area contributed by atoms with Gasteiger partial charge in [0.05, 0.1) is 11.4 Å². The Hall–Kier alpha value is -1.22. The van der Waals surface area contributed by atoms with Crippen molar-refractivity contribution in [3.05, 3.63) is 24.3 Å². The van der Waals surface area contributed by atoms with E-state index >= 15 is 0 Å². The van der Waals surface area contributed by atoms with Crippen LogP contribution in [0.1, 0.15) is 32.6 Å². The Morgan fingerprint density at radius 1 is 1.33 bits per heavy atom. The Morgan fingerprint density at radius 2 is 2.17 bits per heavy atom. The lowest BCUT2D eigenvalue weighted by molar-refractivity contribution is 0.439. The predicted octanol–water partition coefficient (Wildman–Crippen LogP) is 2.63. The van der Waals surface area contributed by atoms with E-state index in [0.29, 0.717) is 6.04 Å². The smallest absolute Gasteiger partial charge is 0.0603 e. The number of nitrogens with zero attached hydrogens (tertiary/aromatic N) is 1. The SMILES string of the molecule is CCCCCC1CNCCN1c1ccccc1N. The van der Waals surface area contributed by atoms with Crippen molar-refractivity contribution < 1.29 is 0 Å². The second kappa shape index (κ2) is 6.64. The van der Waals surface area contributed by atoms with Crippen molar-refractivity contribution in [3.63, 3.8) is 0 Å². The minimum atomic E-state index is 0.593. The highest BCUT2D eigenvalue weighted by molar-refractivity contribution is 5.68.